The van der Waals surface area contributed by atoms with Crippen molar-refractivity contribution in [2.24, 2.45) is 28.8 Å². The van der Waals surface area contributed by atoms with Gasteiger partial charge in [0.05, 0.1) is 17.9 Å². The number of aliphatic hydroxyl groups excluding tert-OH is 2. The maximum atomic E-state index is 10.4. The fourth-order valence-electron chi connectivity index (χ4n) is 4.44. The van der Waals surface area contributed by atoms with Gasteiger partial charge in [0, 0.05) is 5.92 Å². The SMILES string of the molecule is CCC(CC)CCC(O)CCC1C(O)CC2C(=NOCC(=O)O)CC21. The number of fused-ring (bicyclic) bond motifs is 1. The van der Waals surface area contributed by atoms with Crippen LogP contribution in [0.3, 0.4) is 0 Å². The van der Waals surface area contributed by atoms with E-state index in [2.05, 4.69) is 19.0 Å². The van der Waals surface area contributed by atoms with Crippen molar-refractivity contribution in [1.82, 2.24) is 0 Å². The van der Waals surface area contributed by atoms with Crippen LogP contribution in [0.1, 0.15) is 65.2 Å². The molecule has 2 rings (SSSR count). The average molecular weight is 355 g/mol. The van der Waals surface area contributed by atoms with E-state index in [4.69, 9.17) is 9.94 Å². The second-order valence-corrected chi connectivity index (χ2v) is 7.68. The van der Waals surface area contributed by atoms with Crippen molar-refractivity contribution in [1.29, 1.82) is 0 Å². The van der Waals surface area contributed by atoms with Gasteiger partial charge in [0.15, 0.2) is 0 Å². The molecule has 0 bridgehead atoms. The molecule has 0 aromatic heterocycles. The Balaban J connectivity index is 1.72. The molecule has 0 heterocycles. The van der Waals surface area contributed by atoms with E-state index in [-0.39, 0.29) is 24.0 Å². The van der Waals surface area contributed by atoms with Crippen LogP contribution in [0, 0.1) is 23.7 Å². The van der Waals surface area contributed by atoms with Gasteiger partial charge in [-0.15, -0.1) is 0 Å². The molecule has 2 saturated carbocycles. The van der Waals surface area contributed by atoms with Gasteiger partial charge in [-0.25, -0.2) is 4.79 Å². The first-order valence-electron chi connectivity index (χ1n) is 9.72. The smallest absolute Gasteiger partial charge is 0.344 e. The minimum atomic E-state index is -1.04. The Morgan fingerprint density at radius 2 is 2.00 bits per heavy atom. The summed E-state index contributed by atoms with van der Waals surface area (Å²) in [6.07, 6.45) is 6.66. The molecule has 25 heavy (non-hydrogen) atoms. The van der Waals surface area contributed by atoms with E-state index in [0.717, 1.165) is 37.8 Å². The third kappa shape index (κ3) is 5.42. The molecule has 0 spiro atoms. The maximum absolute atomic E-state index is 10.4. The van der Waals surface area contributed by atoms with Crippen LogP contribution in [-0.2, 0) is 9.63 Å². The summed E-state index contributed by atoms with van der Waals surface area (Å²) in [6, 6.07) is 0. The van der Waals surface area contributed by atoms with Crippen molar-refractivity contribution in [3.8, 4) is 0 Å². The number of hydrogen-bond donors (Lipinski definition) is 3. The highest BCUT2D eigenvalue weighted by Gasteiger charge is 2.51. The summed E-state index contributed by atoms with van der Waals surface area (Å²) in [5.41, 5.74) is 0.877. The van der Waals surface area contributed by atoms with Gasteiger partial charge in [0.2, 0.25) is 6.61 Å². The minimum Gasteiger partial charge on any atom is -0.479 e. The number of aliphatic hydroxyl groups is 2. The first-order chi connectivity index (χ1) is 12.0. The molecule has 2 aliphatic carbocycles. The van der Waals surface area contributed by atoms with E-state index in [0.29, 0.717) is 18.3 Å². The number of rotatable bonds is 11. The van der Waals surface area contributed by atoms with Crippen molar-refractivity contribution in [2.75, 3.05) is 6.61 Å². The number of aliphatic carboxylic acids is 1. The summed E-state index contributed by atoms with van der Waals surface area (Å²) >= 11 is 0. The van der Waals surface area contributed by atoms with Gasteiger partial charge in [0.1, 0.15) is 0 Å². The molecule has 3 N–H and O–H groups in total. The zero-order valence-electron chi connectivity index (χ0n) is 15.4. The second kappa shape index (κ2) is 9.53. The summed E-state index contributed by atoms with van der Waals surface area (Å²) in [7, 11) is 0. The van der Waals surface area contributed by atoms with Gasteiger partial charge < -0.3 is 20.2 Å². The van der Waals surface area contributed by atoms with Crippen LogP contribution in [0.25, 0.3) is 0 Å². The summed E-state index contributed by atoms with van der Waals surface area (Å²) in [5.74, 6) is 0.495. The van der Waals surface area contributed by atoms with Crippen LogP contribution >= 0.6 is 0 Å². The molecule has 5 atom stereocenters. The minimum absolute atomic E-state index is 0.214. The average Bonchev–Trinajstić information content (AvgIpc) is 2.81. The molecule has 0 amide bonds. The van der Waals surface area contributed by atoms with Gasteiger partial charge in [-0.05, 0) is 56.3 Å². The lowest BCUT2D eigenvalue weighted by molar-refractivity contribution is -0.142. The highest BCUT2D eigenvalue weighted by molar-refractivity contribution is 5.93. The van der Waals surface area contributed by atoms with Gasteiger partial charge in [-0.2, -0.15) is 0 Å². The predicted octanol–water partition coefficient (Wildman–Crippen LogP) is 2.82. The van der Waals surface area contributed by atoms with Gasteiger partial charge >= 0.3 is 5.97 Å². The van der Waals surface area contributed by atoms with E-state index >= 15 is 0 Å². The van der Waals surface area contributed by atoms with E-state index in [9.17, 15) is 15.0 Å². The molecule has 6 nitrogen and oxygen atoms in total. The molecule has 0 saturated heterocycles. The van der Waals surface area contributed by atoms with Crippen LogP contribution in [-0.4, -0.2) is 45.8 Å². The lowest BCUT2D eigenvalue weighted by Gasteiger charge is -2.35. The molecule has 2 aliphatic rings. The summed E-state index contributed by atoms with van der Waals surface area (Å²) in [4.78, 5) is 15.3. The van der Waals surface area contributed by atoms with Gasteiger partial charge in [0.25, 0.3) is 0 Å². The third-order valence-corrected chi connectivity index (χ3v) is 6.20. The fraction of sp³-hybridized carbons (Fsp3) is 0.895. The van der Waals surface area contributed by atoms with Crippen LogP contribution in [0.5, 0.6) is 0 Å². The van der Waals surface area contributed by atoms with E-state index in [1.807, 2.05) is 0 Å². The molecule has 0 aliphatic heterocycles. The van der Waals surface area contributed by atoms with Crippen LogP contribution in [0.4, 0.5) is 0 Å². The molecule has 2 fully saturated rings. The van der Waals surface area contributed by atoms with Gasteiger partial charge in [-0.1, -0.05) is 31.8 Å². The molecule has 5 unspecified atom stereocenters. The third-order valence-electron chi connectivity index (χ3n) is 6.20. The molecule has 0 aromatic carbocycles. The van der Waals surface area contributed by atoms with Crippen molar-refractivity contribution >= 4 is 11.7 Å². The highest BCUT2D eigenvalue weighted by atomic mass is 16.6. The van der Waals surface area contributed by atoms with E-state index in [1.165, 1.54) is 12.8 Å². The zero-order chi connectivity index (χ0) is 18.4. The number of carbonyl (C=O) groups is 1. The van der Waals surface area contributed by atoms with Crippen molar-refractivity contribution in [3.05, 3.63) is 0 Å². The standard InChI is InChI=1S/C19H33NO5/c1-3-12(4-2)5-6-13(21)7-8-14-15-9-17(16(15)10-18(14)22)20-25-11-19(23)24/h12-16,18,21-22H,3-11H2,1-2H3,(H,23,24). The molecule has 6 heteroatoms. The highest BCUT2D eigenvalue weighted by Crippen LogP contribution is 2.50. The fourth-order valence-corrected chi connectivity index (χ4v) is 4.44. The summed E-state index contributed by atoms with van der Waals surface area (Å²) in [6.45, 7) is 3.98. The lowest BCUT2D eigenvalue weighted by atomic mass is 9.70. The number of nitrogens with zero attached hydrogens (tertiary/aromatic N) is 1. The second-order valence-electron chi connectivity index (χ2n) is 7.68. The van der Waals surface area contributed by atoms with Crippen LogP contribution < -0.4 is 0 Å². The lowest BCUT2D eigenvalue weighted by Crippen LogP contribution is -2.37. The van der Waals surface area contributed by atoms with E-state index in [1.54, 1.807) is 0 Å². The Bertz CT molecular complexity index is 463. The van der Waals surface area contributed by atoms with E-state index < -0.39 is 12.6 Å². The Kier molecular flexibility index (Phi) is 7.69. The Morgan fingerprint density at radius 1 is 1.28 bits per heavy atom. The Morgan fingerprint density at radius 3 is 2.64 bits per heavy atom. The quantitative estimate of drug-likeness (QED) is 0.495. The molecular formula is C19H33NO5. The normalized spacial score (nSPS) is 31.0. The first kappa shape index (κ1) is 20.2. The molecule has 0 radical (unpaired) electrons. The summed E-state index contributed by atoms with van der Waals surface area (Å²) < 4.78 is 0. The maximum Gasteiger partial charge on any atom is 0.344 e. The number of hydrogen-bond acceptors (Lipinski definition) is 5. The molecule has 144 valence electrons. The predicted molar refractivity (Wildman–Crippen MR) is 95.3 cm³/mol. The number of oxime groups is 1. The van der Waals surface area contributed by atoms with Gasteiger partial charge in [-0.3, -0.25) is 0 Å². The largest absolute Gasteiger partial charge is 0.479 e. The van der Waals surface area contributed by atoms with Crippen LogP contribution in [0.2, 0.25) is 0 Å². The van der Waals surface area contributed by atoms with Crippen molar-refractivity contribution in [3.63, 3.8) is 0 Å². The molecular weight excluding hydrogens is 322 g/mol. The Labute approximate surface area is 150 Å². The summed E-state index contributed by atoms with van der Waals surface area (Å²) in [5, 5.41) is 33.1. The molecule has 0 aromatic rings. The number of carboxylic acid groups (broad SMARTS) is 1. The zero-order valence-corrected chi connectivity index (χ0v) is 15.4. The first-order valence-corrected chi connectivity index (χ1v) is 9.72. The topological polar surface area (TPSA) is 99.4 Å². The monoisotopic (exact) mass is 355 g/mol. The van der Waals surface area contributed by atoms with Crippen molar-refractivity contribution in [2.45, 2.75) is 77.4 Å². The Hall–Kier alpha value is -1.14. The van der Waals surface area contributed by atoms with Crippen molar-refractivity contribution < 1.29 is 25.0 Å². The number of carboxylic acids is 1. The van der Waals surface area contributed by atoms with Crippen LogP contribution in [0.15, 0.2) is 5.16 Å².